The van der Waals surface area contributed by atoms with Crippen LogP contribution in [0.3, 0.4) is 0 Å². The average molecular weight is 351 g/mol. The zero-order valence-electron chi connectivity index (χ0n) is 7.81. The van der Waals surface area contributed by atoms with Crippen LogP contribution in [0.25, 0.3) is 0 Å². The second-order valence-electron chi connectivity index (χ2n) is 2.85. The lowest BCUT2D eigenvalue weighted by molar-refractivity contribution is 0.602. The van der Waals surface area contributed by atoms with Gasteiger partial charge in [0.2, 0.25) is 10.0 Å². The summed E-state index contributed by atoms with van der Waals surface area (Å²) < 4.78 is 38.2. The summed E-state index contributed by atoms with van der Waals surface area (Å²) in [4.78, 5) is 0. The Bertz CT molecular complexity index is 472. The predicted molar refractivity (Wildman–Crippen MR) is 67.2 cm³/mol. The molecule has 0 saturated heterocycles. The Labute approximate surface area is 111 Å². The van der Waals surface area contributed by atoms with Gasteiger partial charge in [-0.2, -0.15) is 0 Å². The number of benzene rings is 1. The third-order valence-electron chi connectivity index (χ3n) is 1.61. The van der Waals surface area contributed by atoms with Gasteiger partial charge in [0.05, 0.1) is 16.5 Å². The minimum atomic E-state index is -3.56. The number of nitrogens with one attached hydrogen (secondary N) is 1. The van der Waals surface area contributed by atoms with Gasteiger partial charge in [0.1, 0.15) is 5.82 Å². The lowest BCUT2D eigenvalue weighted by Crippen LogP contribution is -2.18. The van der Waals surface area contributed by atoms with Crippen LogP contribution in [0.4, 0.5) is 10.1 Å². The van der Waals surface area contributed by atoms with Crippen molar-refractivity contribution in [3.05, 3.63) is 27.4 Å². The Hall–Kier alpha value is -0.0400. The van der Waals surface area contributed by atoms with Crippen molar-refractivity contribution in [1.29, 1.82) is 0 Å². The Balaban J connectivity index is 3.07. The van der Waals surface area contributed by atoms with Crippen molar-refractivity contribution in [2.24, 2.45) is 0 Å². The molecule has 1 aromatic rings. The molecule has 1 rings (SSSR count). The van der Waals surface area contributed by atoms with E-state index in [1.807, 2.05) is 0 Å². The molecule has 0 fully saturated rings. The number of halogens is 4. The first-order chi connectivity index (χ1) is 7.35. The summed E-state index contributed by atoms with van der Waals surface area (Å²) in [5.41, 5.74) is 0.105. The number of anilines is 1. The molecule has 0 aliphatic rings. The van der Waals surface area contributed by atoms with Gasteiger partial charge in [-0.1, -0.05) is 11.6 Å². The number of hydrogen-bond donors (Lipinski definition) is 1. The fourth-order valence-corrected chi connectivity index (χ4v) is 3.48. The standard InChI is InChI=1S/C8H7BrCl2FNO2S/c9-6-3-5(12)4-7(11)8(6)13-16(14,15)2-1-10/h3-4,13H,1-2H2. The van der Waals surface area contributed by atoms with Crippen molar-refractivity contribution in [3.63, 3.8) is 0 Å². The van der Waals surface area contributed by atoms with Crippen LogP contribution in [0.2, 0.25) is 5.02 Å². The van der Waals surface area contributed by atoms with E-state index < -0.39 is 15.8 Å². The van der Waals surface area contributed by atoms with Crippen molar-refractivity contribution in [2.75, 3.05) is 16.4 Å². The van der Waals surface area contributed by atoms with Crippen molar-refractivity contribution >= 4 is 54.8 Å². The number of rotatable bonds is 4. The lowest BCUT2D eigenvalue weighted by Gasteiger charge is -2.10. The van der Waals surface area contributed by atoms with Crippen LogP contribution < -0.4 is 4.72 Å². The number of sulfonamides is 1. The molecule has 0 saturated carbocycles. The Kier molecular flexibility index (Phi) is 4.85. The summed E-state index contributed by atoms with van der Waals surface area (Å²) in [6.45, 7) is 0. The largest absolute Gasteiger partial charge is 0.281 e. The Morgan fingerprint density at radius 3 is 2.56 bits per heavy atom. The van der Waals surface area contributed by atoms with Crippen molar-refractivity contribution in [1.82, 2.24) is 0 Å². The van der Waals surface area contributed by atoms with Crippen LogP contribution in [0.1, 0.15) is 0 Å². The van der Waals surface area contributed by atoms with Gasteiger partial charge < -0.3 is 0 Å². The van der Waals surface area contributed by atoms with Crippen molar-refractivity contribution in [2.45, 2.75) is 0 Å². The van der Waals surface area contributed by atoms with E-state index in [0.29, 0.717) is 0 Å². The van der Waals surface area contributed by atoms with E-state index in [4.69, 9.17) is 23.2 Å². The summed E-state index contributed by atoms with van der Waals surface area (Å²) in [6.07, 6.45) is 0. The van der Waals surface area contributed by atoms with E-state index in [0.717, 1.165) is 12.1 Å². The molecular formula is C8H7BrCl2FNO2S. The molecule has 1 aromatic carbocycles. The van der Waals surface area contributed by atoms with Gasteiger partial charge in [-0.3, -0.25) is 4.72 Å². The van der Waals surface area contributed by atoms with E-state index in [-0.39, 0.29) is 26.8 Å². The summed E-state index contributed by atoms with van der Waals surface area (Å²) >= 11 is 14.1. The van der Waals surface area contributed by atoms with E-state index in [2.05, 4.69) is 20.7 Å². The Morgan fingerprint density at radius 1 is 1.44 bits per heavy atom. The zero-order chi connectivity index (χ0) is 12.3. The van der Waals surface area contributed by atoms with Crippen molar-refractivity contribution in [3.8, 4) is 0 Å². The van der Waals surface area contributed by atoms with Crippen LogP contribution in [-0.2, 0) is 10.0 Å². The Morgan fingerprint density at radius 2 is 2.06 bits per heavy atom. The zero-order valence-corrected chi connectivity index (χ0v) is 11.7. The quantitative estimate of drug-likeness (QED) is 0.847. The molecule has 0 spiro atoms. The van der Waals surface area contributed by atoms with E-state index in [9.17, 15) is 12.8 Å². The first-order valence-electron chi connectivity index (χ1n) is 4.07. The van der Waals surface area contributed by atoms with Gasteiger partial charge in [0.15, 0.2) is 0 Å². The highest BCUT2D eigenvalue weighted by Gasteiger charge is 2.15. The first kappa shape index (κ1) is 14.0. The lowest BCUT2D eigenvalue weighted by atomic mass is 10.3. The normalized spacial score (nSPS) is 11.5. The molecule has 0 unspecified atom stereocenters. The minimum Gasteiger partial charge on any atom is -0.281 e. The second kappa shape index (κ2) is 5.53. The summed E-state index contributed by atoms with van der Waals surface area (Å²) in [7, 11) is -3.56. The van der Waals surface area contributed by atoms with Crippen LogP contribution in [0.5, 0.6) is 0 Å². The van der Waals surface area contributed by atoms with Crippen LogP contribution in [-0.4, -0.2) is 20.1 Å². The number of alkyl halides is 1. The molecule has 0 atom stereocenters. The monoisotopic (exact) mass is 349 g/mol. The molecule has 0 heterocycles. The van der Waals surface area contributed by atoms with Gasteiger partial charge in [0, 0.05) is 10.4 Å². The molecule has 0 radical (unpaired) electrons. The molecule has 0 aliphatic carbocycles. The molecule has 0 bridgehead atoms. The maximum atomic E-state index is 12.9. The minimum absolute atomic E-state index is 0.0231. The summed E-state index contributed by atoms with van der Waals surface area (Å²) in [5.74, 6) is -0.835. The van der Waals surface area contributed by atoms with Crippen LogP contribution >= 0.6 is 39.1 Å². The fraction of sp³-hybridized carbons (Fsp3) is 0.250. The molecular weight excluding hydrogens is 344 g/mol. The molecule has 3 nitrogen and oxygen atoms in total. The van der Waals surface area contributed by atoms with E-state index in [1.165, 1.54) is 0 Å². The maximum Gasteiger partial charge on any atom is 0.233 e. The molecule has 0 aromatic heterocycles. The van der Waals surface area contributed by atoms with Gasteiger partial charge >= 0.3 is 0 Å². The molecule has 1 N–H and O–H groups in total. The highest BCUT2D eigenvalue weighted by molar-refractivity contribution is 9.10. The van der Waals surface area contributed by atoms with E-state index in [1.54, 1.807) is 0 Å². The van der Waals surface area contributed by atoms with Gasteiger partial charge in [-0.05, 0) is 28.1 Å². The third kappa shape index (κ3) is 3.76. The first-order valence-corrected chi connectivity index (χ1v) is 7.42. The van der Waals surface area contributed by atoms with Crippen LogP contribution in [0.15, 0.2) is 16.6 Å². The van der Waals surface area contributed by atoms with Gasteiger partial charge in [-0.15, -0.1) is 11.6 Å². The molecule has 0 aliphatic heterocycles. The molecule has 8 heteroatoms. The predicted octanol–water partition coefficient (Wildman–Crippen LogP) is 3.22. The molecule has 90 valence electrons. The second-order valence-corrected chi connectivity index (χ2v) is 6.34. The highest BCUT2D eigenvalue weighted by Crippen LogP contribution is 2.32. The molecule has 0 amide bonds. The number of hydrogen-bond acceptors (Lipinski definition) is 2. The van der Waals surface area contributed by atoms with Gasteiger partial charge in [0.25, 0.3) is 0 Å². The summed E-state index contributed by atoms with van der Waals surface area (Å²) in [6, 6.07) is 2.13. The van der Waals surface area contributed by atoms with E-state index >= 15 is 0 Å². The van der Waals surface area contributed by atoms with Crippen LogP contribution in [0, 0.1) is 5.82 Å². The third-order valence-corrected chi connectivity index (χ3v) is 4.20. The fourth-order valence-electron chi connectivity index (χ4n) is 0.948. The van der Waals surface area contributed by atoms with Gasteiger partial charge in [-0.25, -0.2) is 12.8 Å². The molecule has 16 heavy (non-hydrogen) atoms. The average Bonchev–Trinajstić information content (AvgIpc) is 2.11. The smallest absolute Gasteiger partial charge is 0.233 e. The SMILES string of the molecule is O=S(=O)(CCCl)Nc1c(Cl)cc(F)cc1Br. The van der Waals surface area contributed by atoms with Crippen molar-refractivity contribution < 1.29 is 12.8 Å². The summed E-state index contributed by atoms with van der Waals surface area (Å²) in [5, 5.41) is -0.0231. The maximum absolute atomic E-state index is 12.9. The highest BCUT2D eigenvalue weighted by atomic mass is 79.9. The topological polar surface area (TPSA) is 46.2 Å².